The van der Waals surface area contributed by atoms with Gasteiger partial charge >= 0.3 is 0 Å². The SMILES string of the molecule is CC.CC(C)c1ccc(C(C)C)o1.CC(C)c1cccs1. The zero-order valence-corrected chi connectivity index (χ0v) is 15.8. The molecule has 0 unspecified atom stereocenters. The lowest BCUT2D eigenvalue weighted by Crippen LogP contribution is -1.83. The summed E-state index contributed by atoms with van der Waals surface area (Å²) in [7, 11) is 0. The van der Waals surface area contributed by atoms with Crippen molar-refractivity contribution in [3.63, 3.8) is 0 Å². The van der Waals surface area contributed by atoms with Crippen LogP contribution in [-0.4, -0.2) is 0 Å². The van der Waals surface area contributed by atoms with Gasteiger partial charge < -0.3 is 4.42 Å². The zero-order chi connectivity index (χ0) is 16.4. The molecule has 0 saturated carbocycles. The Hall–Kier alpha value is -1.02. The van der Waals surface area contributed by atoms with E-state index < -0.39 is 0 Å². The highest BCUT2D eigenvalue weighted by Crippen LogP contribution is 2.22. The van der Waals surface area contributed by atoms with Crippen molar-refractivity contribution in [2.45, 2.75) is 73.1 Å². The summed E-state index contributed by atoms with van der Waals surface area (Å²) in [5, 5.41) is 2.12. The monoisotopic (exact) mass is 308 g/mol. The van der Waals surface area contributed by atoms with Crippen LogP contribution in [0, 0.1) is 0 Å². The minimum Gasteiger partial charge on any atom is -0.466 e. The standard InChI is InChI=1S/C10H16O.C7H10S.C2H6/c1-7(2)9-5-6-10(11-9)8(3)4;1-6(2)7-4-3-5-8-7;1-2/h5-8H,1-4H3;3-6H,1-2H3;1-2H3. The summed E-state index contributed by atoms with van der Waals surface area (Å²) in [5.41, 5.74) is 0. The molecule has 0 spiro atoms. The van der Waals surface area contributed by atoms with Crippen LogP contribution < -0.4 is 0 Å². The van der Waals surface area contributed by atoms with Crippen LogP contribution in [0.3, 0.4) is 0 Å². The van der Waals surface area contributed by atoms with Crippen LogP contribution in [0.4, 0.5) is 0 Å². The maximum absolute atomic E-state index is 5.61. The highest BCUT2D eigenvalue weighted by molar-refractivity contribution is 7.10. The lowest BCUT2D eigenvalue weighted by atomic mass is 10.1. The minimum absolute atomic E-state index is 0.502. The average molecular weight is 309 g/mol. The summed E-state index contributed by atoms with van der Waals surface area (Å²) in [6.45, 7) is 17.0. The third-order valence-corrected chi connectivity index (χ3v) is 4.07. The molecule has 21 heavy (non-hydrogen) atoms. The van der Waals surface area contributed by atoms with E-state index in [1.165, 1.54) is 4.88 Å². The normalized spacial score (nSPS) is 10.2. The van der Waals surface area contributed by atoms with Gasteiger partial charge in [0.2, 0.25) is 0 Å². The van der Waals surface area contributed by atoms with Gasteiger partial charge in [0.25, 0.3) is 0 Å². The van der Waals surface area contributed by atoms with Gasteiger partial charge in [-0.3, -0.25) is 0 Å². The number of rotatable bonds is 3. The molecule has 0 radical (unpaired) electrons. The fourth-order valence-electron chi connectivity index (χ4n) is 1.61. The second-order valence-corrected chi connectivity index (χ2v) is 6.70. The Morgan fingerprint density at radius 3 is 1.43 bits per heavy atom. The van der Waals surface area contributed by atoms with Gasteiger partial charge in [0.1, 0.15) is 11.5 Å². The predicted molar refractivity (Wildman–Crippen MR) is 96.6 cm³/mol. The van der Waals surface area contributed by atoms with Crippen molar-refractivity contribution < 1.29 is 4.42 Å². The van der Waals surface area contributed by atoms with E-state index in [0.717, 1.165) is 11.5 Å². The Balaban J connectivity index is 0.000000354. The van der Waals surface area contributed by atoms with Gasteiger partial charge in [0.15, 0.2) is 0 Å². The van der Waals surface area contributed by atoms with Gasteiger partial charge in [-0.2, -0.15) is 0 Å². The van der Waals surface area contributed by atoms with Crippen LogP contribution in [0.5, 0.6) is 0 Å². The molecule has 0 fully saturated rings. The Labute approximate surface area is 135 Å². The Morgan fingerprint density at radius 2 is 1.24 bits per heavy atom. The molecule has 2 aromatic heterocycles. The lowest BCUT2D eigenvalue weighted by molar-refractivity contribution is 0.432. The van der Waals surface area contributed by atoms with E-state index >= 15 is 0 Å². The number of hydrogen-bond acceptors (Lipinski definition) is 2. The molecule has 2 heteroatoms. The maximum atomic E-state index is 5.61. The minimum atomic E-state index is 0.502. The lowest BCUT2D eigenvalue weighted by Gasteiger charge is -2.00. The molecule has 0 atom stereocenters. The molecule has 2 rings (SSSR count). The Kier molecular flexibility index (Phi) is 10.2. The van der Waals surface area contributed by atoms with Crippen LogP contribution in [0.25, 0.3) is 0 Å². The summed E-state index contributed by atoms with van der Waals surface area (Å²) >= 11 is 1.83. The van der Waals surface area contributed by atoms with Gasteiger partial charge in [-0.25, -0.2) is 0 Å². The molecule has 0 amide bonds. The van der Waals surface area contributed by atoms with Crippen LogP contribution >= 0.6 is 11.3 Å². The van der Waals surface area contributed by atoms with E-state index in [1.807, 2.05) is 25.2 Å². The molecule has 0 bridgehead atoms. The van der Waals surface area contributed by atoms with Crippen molar-refractivity contribution in [1.29, 1.82) is 0 Å². The maximum Gasteiger partial charge on any atom is 0.106 e. The van der Waals surface area contributed by atoms with E-state index in [-0.39, 0.29) is 0 Å². The quantitative estimate of drug-likeness (QED) is 0.574. The van der Waals surface area contributed by atoms with Crippen molar-refractivity contribution >= 4 is 11.3 Å². The highest BCUT2D eigenvalue weighted by atomic mass is 32.1. The van der Waals surface area contributed by atoms with E-state index in [2.05, 4.69) is 71.2 Å². The van der Waals surface area contributed by atoms with Gasteiger partial charge in [-0.1, -0.05) is 61.5 Å². The fourth-order valence-corrected chi connectivity index (χ4v) is 2.35. The van der Waals surface area contributed by atoms with Crippen molar-refractivity contribution in [2.24, 2.45) is 0 Å². The molecule has 0 saturated heterocycles. The summed E-state index contributed by atoms with van der Waals surface area (Å²) < 4.78 is 5.61. The fraction of sp³-hybridized carbons (Fsp3) is 0.579. The molecule has 0 aliphatic heterocycles. The van der Waals surface area contributed by atoms with Gasteiger partial charge in [-0.05, 0) is 29.5 Å². The molecule has 0 aliphatic carbocycles. The molecule has 120 valence electrons. The molecule has 0 aliphatic rings. The molecule has 2 heterocycles. The molecular weight excluding hydrogens is 276 g/mol. The second-order valence-electron chi connectivity index (χ2n) is 5.72. The first-order valence-corrected chi connectivity index (χ1v) is 8.92. The molecule has 0 N–H and O–H groups in total. The van der Waals surface area contributed by atoms with Crippen molar-refractivity contribution in [3.05, 3.63) is 46.0 Å². The number of thiophene rings is 1. The first-order chi connectivity index (χ1) is 9.91. The van der Waals surface area contributed by atoms with Crippen LogP contribution in [0.2, 0.25) is 0 Å². The second kappa shape index (κ2) is 10.7. The smallest absolute Gasteiger partial charge is 0.106 e. The molecular formula is C19H32OS. The topological polar surface area (TPSA) is 13.1 Å². The third kappa shape index (κ3) is 7.52. The summed E-state index contributed by atoms with van der Waals surface area (Å²) in [5.74, 6) is 3.89. The highest BCUT2D eigenvalue weighted by Gasteiger charge is 2.07. The zero-order valence-electron chi connectivity index (χ0n) is 14.9. The average Bonchev–Trinajstić information content (AvgIpc) is 3.13. The summed E-state index contributed by atoms with van der Waals surface area (Å²) in [6, 6.07) is 8.41. The number of furan rings is 1. The first-order valence-electron chi connectivity index (χ1n) is 8.04. The first kappa shape index (κ1) is 20.0. The summed E-state index contributed by atoms with van der Waals surface area (Å²) in [6.07, 6.45) is 0. The van der Waals surface area contributed by atoms with Crippen molar-refractivity contribution in [1.82, 2.24) is 0 Å². The predicted octanol–water partition coefficient (Wildman–Crippen LogP) is 7.42. The van der Waals surface area contributed by atoms with E-state index in [1.54, 1.807) is 0 Å². The van der Waals surface area contributed by atoms with E-state index in [9.17, 15) is 0 Å². The van der Waals surface area contributed by atoms with Gasteiger partial charge in [0, 0.05) is 16.7 Å². The van der Waals surface area contributed by atoms with Gasteiger partial charge in [-0.15, -0.1) is 11.3 Å². The molecule has 0 aromatic carbocycles. The van der Waals surface area contributed by atoms with Crippen LogP contribution in [0.1, 0.15) is 89.5 Å². The molecule has 2 aromatic rings. The van der Waals surface area contributed by atoms with E-state index in [4.69, 9.17) is 4.42 Å². The van der Waals surface area contributed by atoms with E-state index in [0.29, 0.717) is 17.8 Å². The van der Waals surface area contributed by atoms with Crippen LogP contribution in [0.15, 0.2) is 34.1 Å². The van der Waals surface area contributed by atoms with Crippen molar-refractivity contribution in [2.75, 3.05) is 0 Å². The number of hydrogen-bond donors (Lipinski definition) is 0. The summed E-state index contributed by atoms with van der Waals surface area (Å²) in [4.78, 5) is 1.48. The molecule has 1 nitrogen and oxygen atoms in total. The van der Waals surface area contributed by atoms with Crippen molar-refractivity contribution in [3.8, 4) is 0 Å². The van der Waals surface area contributed by atoms with Gasteiger partial charge in [0.05, 0.1) is 0 Å². The largest absolute Gasteiger partial charge is 0.466 e. The Morgan fingerprint density at radius 1 is 0.762 bits per heavy atom. The third-order valence-electron chi connectivity index (χ3n) is 2.90. The van der Waals surface area contributed by atoms with Crippen LogP contribution in [-0.2, 0) is 0 Å². The Bertz CT molecular complexity index is 427.